The molecule has 0 saturated heterocycles. The normalized spacial score (nSPS) is 21.4. The first-order valence-corrected chi connectivity index (χ1v) is 8.51. The Morgan fingerprint density at radius 1 is 1.39 bits per heavy atom. The van der Waals surface area contributed by atoms with Crippen molar-refractivity contribution in [2.45, 2.75) is 77.6 Å². The van der Waals surface area contributed by atoms with E-state index >= 15 is 0 Å². The zero-order valence-corrected chi connectivity index (χ0v) is 15.0. The second-order valence-corrected chi connectivity index (χ2v) is 7.36. The SMILES string of the molecule is CCc1nn(C)cc1CNC1CCC(NC(=O)OC(C)(C)C)C1. The molecule has 1 aromatic rings. The predicted molar refractivity (Wildman–Crippen MR) is 90.2 cm³/mol. The zero-order chi connectivity index (χ0) is 17.0. The summed E-state index contributed by atoms with van der Waals surface area (Å²) in [5, 5.41) is 11.0. The van der Waals surface area contributed by atoms with Gasteiger partial charge in [0.2, 0.25) is 0 Å². The minimum absolute atomic E-state index is 0.196. The Bertz CT molecular complexity index is 533. The smallest absolute Gasteiger partial charge is 0.407 e. The average Bonchev–Trinajstić information content (AvgIpc) is 3.00. The third kappa shape index (κ3) is 5.53. The highest BCUT2D eigenvalue weighted by Crippen LogP contribution is 2.20. The van der Waals surface area contributed by atoms with Crippen molar-refractivity contribution in [2.24, 2.45) is 7.05 Å². The van der Waals surface area contributed by atoms with Crippen LogP contribution in [-0.2, 0) is 24.8 Å². The van der Waals surface area contributed by atoms with Gasteiger partial charge < -0.3 is 15.4 Å². The van der Waals surface area contributed by atoms with Crippen LogP contribution in [0.15, 0.2) is 6.20 Å². The lowest BCUT2D eigenvalue weighted by molar-refractivity contribution is 0.0505. The summed E-state index contributed by atoms with van der Waals surface area (Å²) in [6, 6.07) is 0.627. The van der Waals surface area contributed by atoms with Gasteiger partial charge in [-0.3, -0.25) is 4.68 Å². The molecule has 2 rings (SSSR count). The molecule has 0 bridgehead atoms. The third-order valence-corrected chi connectivity index (χ3v) is 4.06. The molecule has 0 aromatic carbocycles. The highest BCUT2D eigenvalue weighted by atomic mass is 16.6. The molecule has 1 aliphatic carbocycles. The van der Waals surface area contributed by atoms with Gasteiger partial charge in [-0.2, -0.15) is 5.10 Å². The lowest BCUT2D eigenvalue weighted by Gasteiger charge is -2.21. The highest BCUT2D eigenvalue weighted by Gasteiger charge is 2.27. The summed E-state index contributed by atoms with van der Waals surface area (Å²) < 4.78 is 7.19. The number of carbonyl (C=O) groups is 1. The molecule has 1 aliphatic rings. The first-order valence-electron chi connectivity index (χ1n) is 8.51. The Balaban J connectivity index is 1.76. The van der Waals surface area contributed by atoms with Crippen LogP contribution < -0.4 is 10.6 Å². The van der Waals surface area contributed by atoms with Crippen molar-refractivity contribution >= 4 is 6.09 Å². The molecule has 2 atom stereocenters. The minimum atomic E-state index is -0.447. The molecule has 2 N–H and O–H groups in total. The number of amides is 1. The van der Waals surface area contributed by atoms with Gasteiger partial charge in [0.25, 0.3) is 0 Å². The van der Waals surface area contributed by atoms with E-state index in [1.54, 1.807) is 0 Å². The molecular weight excluding hydrogens is 292 g/mol. The number of nitrogens with zero attached hydrogens (tertiary/aromatic N) is 2. The maximum atomic E-state index is 11.8. The summed E-state index contributed by atoms with van der Waals surface area (Å²) in [4.78, 5) is 11.8. The lowest BCUT2D eigenvalue weighted by Crippen LogP contribution is -2.39. The number of hydrogen-bond acceptors (Lipinski definition) is 4. The summed E-state index contributed by atoms with van der Waals surface area (Å²) in [5.41, 5.74) is 1.97. The summed E-state index contributed by atoms with van der Waals surface area (Å²) >= 11 is 0. The van der Waals surface area contributed by atoms with Crippen LogP contribution in [0, 0.1) is 0 Å². The van der Waals surface area contributed by atoms with Crippen LogP contribution in [0.1, 0.15) is 58.2 Å². The zero-order valence-electron chi connectivity index (χ0n) is 15.0. The van der Waals surface area contributed by atoms with E-state index in [4.69, 9.17) is 4.74 Å². The van der Waals surface area contributed by atoms with E-state index in [0.29, 0.717) is 6.04 Å². The molecule has 1 amide bonds. The fraction of sp³-hybridized carbons (Fsp3) is 0.765. The molecule has 0 spiro atoms. The molecule has 2 unspecified atom stereocenters. The number of carbonyl (C=O) groups excluding carboxylic acids is 1. The maximum Gasteiger partial charge on any atom is 0.407 e. The van der Waals surface area contributed by atoms with Gasteiger partial charge in [-0.15, -0.1) is 0 Å². The first kappa shape index (κ1) is 17.8. The van der Waals surface area contributed by atoms with Gasteiger partial charge in [0.05, 0.1) is 5.69 Å². The monoisotopic (exact) mass is 322 g/mol. The van der Waals surface area contributed by atoms with Crippen LogP contribution in [0.25, 0.3) is 0 Å². The van der Waals surface area contributed by atoms with E-state index < -0.39 is 5.60 Å². The van der Waals surface area contributed by atoms with Crippen LogP contribution in [0.3, 0.4) is 0 Å². The number of aryl methyl sites for hydroxylation is 2. The molecule has 130 valence electrons. The Hall–Kier alpha value is -1.56. The van der Waals surface area contributed by atoms with Crippen LogP contribution in [-0.4, -0.2) is 33.6 Å². The standard InChI is InChI=1S/C17H30N4O2/c1-6-15-12(11-21(5)20-15)10-18-13-7-8-14(9-13)19-16(22)23-17(2,3)4/h11,13-14,18H,6-10H2,1-5H3,(H,19,22). The van der Waals surface area contributed by atoms with Gasteiger partial charge in [0.1, 0.15) is 5.60 Å². The Labute approximate surface area is 139 Å². The van der Waals surface area contributed by atoms with Gasteiger partial charge in [-0.25, -0.2) is 4.79 Å². The van der Waals surface area contributed by atoms with Gasteiger partial charge in [-0.1, -0.05) is 6.92 Å². The van der Waals surface area contributed by atoms with E-state index in [0.717, 1.165) is 37.9 Å². The van der Waals surface area contributed by atoms with Crippen LogP contribution in [0.2, 0.25) is 0 Å². The molecule has 6 heteroatoms. The molecular formula is C17H30N4O2. The van der Waals surface area contributed by atoms with Crippen molar-refractivity contribution in [3.63, 3.8) is 0 Å². The molecule has 1 saturated carbocycles. The van der Waals surface area contributed by atoms with Crippen molar-refractivity contribution in [1.82, 2.24) is 20.4 Å². The van der Waals surface area contributed by atoms with Crippen LogP contribution in [0.5, 0.6) is 0 Å². The van der Waals surface area contributed by atoms with Gasteiger partial charge in [0, 0.05) is 37.4 Å². The molecule has 6 nitrogen and oxygen atoms in total. The Morgan fingerprint density at radius 3 is 2.74 bits per heavy atom. The quantitative estimate of drug-likeness (QED) is 0.874. The van der Waals surface area contributed by atoms with E-state index in [2.05, 4.69) is 28.9 Å². The molecule has 23 heavy (non-hydrogen) atoms. The number of rotatable bonds is 5. The largest absolute Gasteiger partial charge is 0.444 e. The molecule has 1 aromatic heterocycles. The Kier molecular flexibility index (Phi) is 5.68. The number of alkyl carbamates (subject to hydrolysis) is 1. The van der Waals surface area contributed by atoms with Crippen molar-refractivity contribution in [3.05, 3.63) is 17.5 Å². The highest BCUT2D eigenvalue weighted by molar-refractivity contribution is 5.68. The van der Waals surface area contributed by atoms with Crippen LogP contribution in [0.4, 0.5) is 4.79 Å². The summed E-state index contributed by atoms with van der Waals surface area (Å²) in [6.07, 6.45) is 5.72. The topological polar surface area (TPSA) is 68.2 Å². The summed E-state index contributed by atoms with van der Waals surface area (Å²) in [7, 11) is 1.96. The predicted octanol–water partition coefficient (Wildman–Crippen LogP) is 2.52. The van der Waals surface area contributed by atoms with Crippen molar-refractivity contribution < 1.29 is 9.53 Å². The third-order valence-electron chi connectivity index (χ3n) is 4.06. The van der Waals surface area contributed by atoms with Gasteiger partial charge in [0.15, 0.2) is 0 Å². The van der Waals surface area contributed by atoms with Crippen molar-refractivity contribution in [1.29, 1.82) is 0 Å². The van der Waals surface area contributed by atoms with E-state index in [9.17, 15) is 4.79 Å². The van der Waals surface area contributed by atoms with Crippen LogP contribution >= 0.6 is 0 Å². The first-order chi connectivity index (χ1) is 10.8. The maximum absolute atomic E-state index is 11.8. The minimum Gasteiger partial charge on any atom is -0.444 e. The van der Waals surface area contributed by atoms with E-state index in [1.807, 2.05) is 32.5 Å². The molecule has 1 fully saturated rings. The molecule has 0 radical (unpaired) electrons. The van der Waals surface area contributed by atoms with Gasteiger partial charge in [-0.05, 0) is 46.5 Å². The van der Waals surface area contributed by atoms with E-state index in [-0.39, 0.29) is 12.1 Å². The van der Waals surface area contributed by atoms with E-state index in [1.165, 1.54) is 5.56 Å². The summed E-state index contributed by atoms with van der Waals surface area (Å²) in [5.74, 6) is 0. The molecule has 0 aliphatic heterocycles. The number of ether oxygens (including phenoxy) is 1. The fourth-order valence-corrected chi connectivity index (χ4v) is 3.06. The van der Waals surface area contributed by atoms with Gasteiger partial charge >= 0.3 is 6.09 Å². The lowest BCUT2D eigenvalue weighted by atomic mass is 10.2. The van der Waals surface area contributed by atoms with Crippen molar-refractivity contribution in [3.8, 4) is 0 Å². The van der Waals surface area contributed by atoms with Crippen molar-refractivity contribution in [2.75, 3.05) is 0 Å². The summed E-state index contributed by atoms with van der Waals surface area (Å²) in [6.45, 7) is 8.60. The average molecular weight is 322 g/mol. The second kappa shape index (κ2) is 7.34. The number of hydrogen-bond donors (Lipinski definition) is 2. The molecule has 1 heterocycles. The fourth-order valence-electron chi connectivity index (χ4n) is 3.06. The number of aromatic nitrogens is 2. The second-order valence-electron chi connectivity index (χ2n) is 7.36. The number of nitrogens with one attached hydrogen (secondary N) is 2. The Morgan fingerprint density at radius 2 is 2.09 bits per heavy atom.